The second-order valence-corrected chi connectivity index (χ2v) is 3.77. The third-order valence-electron chi connectivity index (χ3n) is 1.63. The van der Waals surface area contributed by atoms with Crippen LogP contribution in [0.2, 0.25) is 0 Å². The van der Waals surface area contributed by atoms with Crippen LogP contribution in [0.1, 0.15) is 32.6 Å². The average Bonchev–Trinajstić information content (AvgIpc) is 2.09. The number of unbranched alkanes of at least 4 members (excludes halogenated alkanes) is 2. The molecular weight excluding hydrogens is 221 g/mol. The number of amides is 1. The molecule has 0 radical (unpaired) electrons. The molecule has 0 fully saturated rings. The molecule has 0 spiro atoms. The third-order valence-corrected chi connectivity index (χ3v) is 2.04. The van der Waals surface area contributed by atoms with Crippen molar-refractivity contribution in [2.45, 2.75) is 32.6 Å². The summed E-state index contributed by atoms with van der Waals surface area (Å²) in [4.78, 5) is 29.5. The van der Waals surface area contributed by atoms with Gasteiger partial charge in [-0.3, -0.25) is 9.59 Å². The highest BCUT2D eigenvalue weighted by molar-refractivity contribution is 7.32. The summed E-state index contributed by atoms with van der Waals surface area (Å²) >= 11 is 0. The van der Waals surface area contributed by atoms with Crippen LogP contribution in [0.3, 0.4) is 0 Å². The molecule has 0 aromatic carbocycles. The molecule has 0 saturated carbocycles. The Morgan fingerprint density at radius 2 is 2.00 bits per heavy atom. The molecule has 0 aliphatic heterocycles. The molecule has 0 heterocycles. The first kappa shape index (κ1) is 14.1. The van der Waals surface area contributed by atoms with E-state index in [9.17, 15) is 14.2 Å². The monoisotopic (exact) mass is 237 g/mol. The second-order valence-electron chi connectivity index (χ2n) is 3.03. The lowest BCUT2D eigenvalue weighted by Gasteiger charge is -2.02. The van der Waals surface area contributed by atoms with Crippen LogP contribution in [-0.2, 0) is 18.7 Å². The van der Waals surface area contributed by atoms with Gasteiger partial charge in [0, 0.05) is 19.9 Å². The van der Waals surface area contributed by atoms with Crippen molar-refractivity contribution in [1.82, 2.24) is 5.32 Å². The quantitative estimate of drug-likeness (QED) is 0.499. The van der Waals surface area contributed by atoms with Gasteiger partial charge >= 0.3 is 14.2 Å². The van der Waals surface area contributed by atoms with Crippen LogP contribution in [-0.4, -0.2) is 23.3 Å². The van der Waals surface area contributed by atoms with Crippen molar-refractivity contribution >= 4 is 20.1 Å². The Morgan fingerprint density at radius 3 is 2.53 bits per heavy atom. The van der Waals surface area contributed by atoms with Crippen LogP contribution >= 0.6 is 8.25 Å². The molecular formula is C8H16NO5P. The van der Waals surface area contributed by atoms with Gasteiger partial charge < -0.3 is 14.7 Å². The summed E-state index contributed by atoms with van der Waals surface area (Å²) in [6.07, 6.45) is 2.27. The van der Waals surface area contributed by atoms with E-state index in [0.717, 1.165) is 12.8 Å². The number of hydrogen-bond donors (Lipinski definition) is 2. The van der Waals surface area contributed by atoms with E-state index in [1.807, 2.05) is 0 Å². The van der Waals surface area contributed by atoms with Crippen molar-refractivity contribution in [1.29, 1.82) is 0 Å². The van der Waals surface area contributed by atoms with E-state index >= 15 is 0 Å². The lowest BCUT2D eigenvalue weighted by atomic mass is 10.2. The Morgan fingerprint density at radius 1 is 1.33 bits per heavy atom. The van der Waals surface area contributed by atoms with Crippen molar-refractivity contribution in [3.63, 3.8) is 0 Å². The molecule has 0 aliphatic rings. The minimum Gasteiger partial charge on any atom is -0.394 e. The number of carbonyl (C=O) groups excluding carboxylic acids is 2. The van der Waals surface area contributed by atoms with Crippen molar-refractivity contribution in [2.75, 3.05) is 6.54 Å². The Labute approximate surface area is 89.0 Å². The van der Waals surface area contributed by atoms with Crippen LogP contribution in [0, 0.1) is 0 Å². The molecule has 1 atom stereocenters. The van der Waals surface area contributed by atoms with Gasteiger partial charge in [0.15, 0.2) is 0 Å². The second kappa shape index (κ2) is 8.44. The molecule has 6 nitrogen and oxygen atoms in total. The number of carbonyl (C=O) groups is 2. The summed E-state index contributed by atoms with van der Waals surface area (Å²) in [7, 11) is -3.15. The molecule has 0 aromatic heterocycles. The van der Waals surface area contributed by atoms with E-state index in [1.54, 1.807) is 0 Å². The summed E-state index contributed by atoms with van der Waals surface area (Å²) in [5, 5.41) is 2.63. The molecule has 88 valence electrons. The number of hydrogen-bond acceptors (Lipinski definition) is 4. The zero-order valence-corrected chi connectivity index (χ0v) is 9.62. The fraction of sp³-hybridized carbons (Fsp3) is 0.750. The summed E-state index contributed by atoms with van der Waals surface area (Å²) < 4.78 is 14.2. The third kappa shape index (κ3) is 11.1. The zero-order chi connectivity index (χ0) is 11.7. The summed E-state index contributed by atoms with van der Waals surface area (Å²) in [6.45, 7) is 2.03. The van der Waals surface area contributed by atoms with Gasteiger partial charge in [0.2, 0.25) is 5.91 Å². The standard InChI is InChI=1S/C8H16NO5P/c1-7(10)9-6-4-2-3-5-8(11)14-15(12)13/h15H,2-6H2,1H3,(H,9,10)(H,12,13). The number of rotatable bonds is 7. The minimum atomic E-state index is -3.15. The first-order valence-electron chi connectivity index (χ1n) is 4.70. The Balaban J connectivity index is 3.27. The van der Waals surface area contributed by atoms with Gasteiger partial charge in [-0.05, 0) is 12.8 Å². The predicted molar refractivity (Wildman–Crippen MR) is 54.5 cm³/mol. The zero-order valence-electron chi connectivity index (χ0n) is 8.62. The molecule has 2 N–H and O–H groups in total. The van der Waals surface area contributed by atoms with Crippen molar-refractivity contribution in [3.05, 3.63) is 0 Å². The SMILES string of the molecule is CC(=O)NCCCCCC(=O)O[PH](=O)O. The highest BCUT2D eigenvalue weighted by Crippen LogP contribution is 2.16. The maximum atomic E-state index is 10.8. The Kier molecular flexibility index (Phi) is 7.95. The lowest BCUT2D eigenvalue weighted by Crippen LogP contribution is -2.20. The highest BCUT2D eigenvalue weighted by atomic mass is 31.1. The van der Waals surface area contributed by atoms with Crippen LogP contribution < -0.4 is 5.32 Å². The van der Waals surface area contributed by atoms with Crippen molar-refractivity contribution in [2.24, 2.45) is 0 Å². The maximum absolute atomic E-state index is 10.8. The predicted octanol–water partition coefficient (Wildman–Crippen LogP) is 0.608. The van der Waals surface area contributed by atoms with Gasteiger partial charge in [0.1, 0.15) is 0 Å². The molecule has 0 aromatic rings. The molecule has 0 rings (SSSR count). The molecule has 15 heavy (non-hydrogen) atoms. The smallest absolute Gasteiger partial charge is 0.367 e. The molecule has 7 heteroatoms. The van der Waals surface area contributed by atoms with Crippen LogP contribution in [0.4, 0.5) is 0 Å². The van der Waals surface area contributed by atoms with Gasteiger partial charge in [-0.1, -0.05) is 6.42 Å². The average molecular weight is 237 g/mol. The largest absolute Gasteiger partial charge is 0.394 e. The lowest BCUT2D eigenvalue weighted by molar-refractivity contribution is -0.134. The van der Waals surface area contributed by atoms with Crippen LogP contribution in [0.15, 0.2) is 0 Å². The van der Waals surface area contributed by atoms with E-state index in [1.165, 1.54) is 6.92 Å². The van der Waals surface area contributed by atoms with Crippen molar-refractivity contribution < 1.29 is 23.6 Å². The van der Waals surface area contributed by atoms with Crippen molar-refractivity contribution in [3.8, 4) is 0 Å². The highest BCUT2D eigenvalue weighted by Gasteiger charge is 2.04. The number of nitrogens with one attached hydrogen (secondary N) is 1. The van der Waals surface area contributed by atoms with Gasteiger partial charge in [-0.15, -0.1) is 0 Å². The van der Waals surface area contributed by atoms with Gasteiger partial charge in [0.25, 0.3) is 0 Å². The summed E-state index contributed by atoms with van der Waals surface area (Å²) in [5.41, 5.74) is 0. The molecule has 0 saturated heterocycles. The van der Waals surface area contributed by atoms with E-state index in [0.29, 0.717) is 13.0 Å². The molecule has 1 amide bonds. The van der Waals surface area contributed by atoms with Gasteiger partial charge in [-0.2, -0.15) is 0 Å². The van der Waals surface area contributed by atoms with E-state index in [4.69, 9.17) is 4.89 Å². The molecule has 0 bridgehead atoms. The molecule has 1 unspecified atom stereocenters. The normalized spacial score (nSPS) is 11.9. The molecule has 0 aliphatic carbocycles. The van der Waals surface area contributed by atoms with Crippen LogP contribution in [0.25, 0.3) is 0 Å². The Bertz CT molecular complexity index is 243. The summed E-state index contributed by atoms with van der Waals surface area (Å²) in [6, 6.07) is 0. The van der Waals surface area contributed by atoms with E-state index in [2.05, 4.69) is 9.84 Å². The maximum Gasteiger partial charge on any atom is 0.367 e. The fourth-order valence-electron chi connectivity index (χ4n) is 0.984. The van der Waals surface area contributed by atoms with E-state index in [-0.39, 0.29) is 12.3 Å². The fourth-order valence-corrected chi connectivity index (χ4v) is 1.28. The van der Waals surface area contributed by atoms with E-state index < -0.39 is 14.2 Å². The first-order valence-corrected chi connectivity index (χ1v) is 5.97. The Hall–Kier alpha value is -0.870. The van der Waals surface area contributed by atoms with Crippen LogP contribution in [0.5, 0.6) is 0 Å². The topological polar surface area (TPSA) is 92.7 Å². The first-order chi connectivity index (χ1) is 7.02. The van der Waals surface area contributed by atoms with Gasteiger partial charge in [0.05, 0.1) is 0 Å². The summed E-state index contributed by atoms with van der Waals surface area (Å²) in [5.74, 6) is -0.728. The van der Waals surface area contributed by atoms with Gasteiger partial charge in [-0.25, -0.2) is 4.57 Å². The minimum absolute atomic E-state index is 0.0757.